The third-order valence-corrected chi connectivity index (χ3v) is 2.05. The second-order valence-electron chi connectivity index (χ2n) is 4.94. The fourth-order valence-corrected chi connectivity index (χ4v) is 1.42. The second kappa shape index (κ2) is 3.74. The van der Waals surface area contributed by atoms with Crippen molar-refractivity contribution in [1.29, 1.82) is 0 Å². The number of likely N-dealkylation sites (tertiary alicyclic amines) is 1. The molecule has 0 aromatic carbocycles. The molecule has 1 heterocycles. The summed E-state index contributed by atoms with van der Waals surface area (Å²) >= 11 is 0. The van der Waals surface area contributed by atoms with E-state index in [0.717, 1.165) is 0 Å². The molecule has 84 valence electrons. The quantitative estimate of drug-likeness (QED) is 0.658. The van der Waals surface area contributed by atoms with E-state index in [-0.39, 0.29) is 19.5 Å². The summed E-state index contributed by atoms with van der Waals surface area (Å²) in [5.41, 5.74) is -1.41. The van der Waals surface area contributed by atoms with E-state index < -0.39 is 17.3 Å². The minimum atomic E-state index is -0.911. The Labute approximate surface area is 90.2 Å². The molecule has 0 atom stereocenters. The monoisotopic (exact) mass is 211 g/mol. The number of ether oxygens (including phenoxy) is 1. The predicted molar refractivity (Wildman–Crippen MR) is 56.2 cm³/mol. The van der Waals surface area contributed by atoms with Gasteiger partial charge in [-0.3, -0.25) is 0 Å². The van der Waals surface area contributed by atoms with Gasteiger partial charge in [0.05, 0.1) is 13.1 Å². The Bertz CT molecular complexity index is 292. The van der Waals surface area contributed by atoms with Crippen molar-refractivity contribution in [3.8, 4) is 12.3 Å². The summed E-state index contributed by atoms with van der Waals surface area (Å²) in [4.78, 5) is 12.9. The minimum Gasteiger partial charge on any atom is -0.444 e. The van der Waals surface area contributed by atoms with Crippen molar-refractivity contribution >= 4 is 6.09 Å². The summed E-state index contributed by atoms with van der Waals surface area (Å²) < 4.78 is 5.14. The Morgan fingerprint density at radius 3 is 2.53 bits per heavy atom. The highest BCUT2D eigenvalue weighted by Crippen LogP contribution is 2.25. The van der Waals surface area contributed by atoms with Gasteiger partial charge in [-0.05, 0) is 20.8 Å². The molecule has 0 aromatic heterocycles. The Hall–Kier alpha value is -1.21. The van der Waals surface area contributed by atoms with Crippen LogP contribution in [-0.2, 0) is 4.74 Å². The standard InChI is InChI=1S/C11H17NO3/c1-5-6-11(14)7-12(8-11)9(13)15-10(2,3)4/h1,14H,6-8H2,2-4H3. The van der Waals surface area contributed by atoms with Crippen LogP contribution in [0.3, 0.4) is 0 Å². The second-order valence-corrected chi connectivity index (χ2v) is 4.94. The molecule has 1 rings (SSSR count). The first-order valence-electron chi connectivity index (χ1n) is 4.89. The summed E-state index contributed by atoms with van der Waals surface area (Å²) in [7, 11) is 0. The zero-order valence-electron chi connectivity index (χ0n) is 9.41. The van der Waals surface area contributed by atoms with Crippen LogP contribution in [0.2, 0.25) is 0 Å². The molecule has 0 radical (unpaired) electrons. The number of carbonyl (C=O) groups excluding carboxylic acids is 1. The SMILES string of the molecule is C#CCC1(O)CN(C(=O)OC(C)(C)C)C1. The topological polar surface area (TPSA) is 49.8 Å². The van der Waals surface area contributed by atoms with Gasteiger partial charge in [0.25, 0.3) is 0 Å². The van der Waals surface area contributed by atoms with Crippen LogP contribution in [0.15, 0.2) is 0 Å². The fraction of sp³-hybridized carbons (Fsp3) is 0.727. The molecule has 0 saturated carbocycles. The maximum Gasteiger partial charge on any atom is 0.410 e. The number of carbonyl (C=O) groups is 1. The van der Waals surface area contributed by atoms with Crippen molar-refractivity contribution in [2.24, 2.45) is 0 Å². The molecule has 1 aliphatic rings. The average Bonchev–Trinajstić information content (AvgIpc) is 1.96. The summed E-state index contributed by atoms with van der Waals surface area (Å²) in [5, 5.41) is 9.74. The van der Waals surface area contributed by atoms with Crippen molar-refractivity contribution in [3.05, 3.63) is 0 Å². The van der Waals surface area contributed by atoms with E-state index in [2.05, 4.69) is 5.92 Å². The van der Waals surface area contributed by atoms with E-state index in [9.17, 15) is 9.90 Å². The first-order valence-corrected chi connectivity index (χ1v) is 4.89. The van der Waals surface area contributed by atoms with Gasteiger partial charge >= 0.3 is 6.09 Å². The van der Waals surface area contributed by atoms with Crippen molar-refractivity contribution < 1.29 is 14.6 Å². The van der Waals surface area contributed by atoms with Gasteiger partial charge in [-0.25, -0.2) is 4.79 Å². The van der Waals surface area contributed by atoms with Crippen LogP contribution in [0.5, 0.6) is 0 Å². The largest absolute Gasteiger partial charge is 0.444 e. The third-order valence-electron chi connectivity index (χ3n) is 2.05. The van der Waals surface area contributed by atoms with E-state index in [1.807, 2.05) is 0 Å². The van der Waals surface area contributed by atoms with Gasteiger partial charge in [-0.15, -0.1) is 12.3 Å². The van der Waals surface area contributed by atoms with Gasteiger partial charge in [0.15, 0.2) is 0 Å². The molecule has 0 unspecified atom stereocenters. The first-order chi connectivity index (χ1) is 6.76. The number of nitrogens with zero attached hydrogens (tertiary/aromatic N) is 1. The predicted octanol–water partition coefficient (Wildman–Crippen LogP) is 0.992. The maximum atomic E-state index is 11.5. The highest BCUT2D eigenvalue weighted by Gasteiger charge is 2.44. The van der Waals surface area contributed by atoms with E-state index in [1.165, 1.54) is 4.90 Å². The van der Waals surface area contributed by atoms with E-state index in [4.69, 9.17) is 11.2 Å². The normalized spacial score (nSPS) is 19.0. The molecule has 0 spiro atoms. The van der Waals surface area contributed by atoms with Crippen LogP contribution in [0.1, 0.15) is 27.2 Å². The van der Waals surface area contributed by atoms with Crippen molar-refractivity contribution in [3.63, 3.8) is 0 Å². The lowest BCUT2D eigenvalue weighted by atomic mass is 9.91. The van der Waals surface area contributed by atoms with Gasteiger partial charge < -0.3 is 14.7 Å². The molecule has 1 aliphatic heterocycles. The molecule has 1 fully saturated rings. The average molecular weight is 211 g/mol. The van der Waals surface area contributed by atoms with E-state index >= 15 is 0 Å². The molecule has 1 amide bonds. The zero-order chi connectivity index (χ0) is 11.7. The number of hydrogen-bond donors (Lipinski definition) is 1. The third kappa shape index (κ3) is 3.14. The number of hydrogen-bond acceptors (Lipinski definition) is 3. The lowest BCUT2D eigenvalue weighted by molar-refractivity contribution is -0.0946. The highest BCUT2D eigenvalue weighted by atomic mass is 16.6. The molecular formula is C11H17NO3. The van der Waals surface area contributed by atoms with Crippen molar-refractivity contribution in [1.82, 2.24) is 4.90 Å². The summed E-state index contributed by atoms with van der Waals surface area (Å²) in [6.07, 6.45) is 4.97. The van der Waals surface area contributed by atoms with Gasteiger partial charge in [0.1, 0.15) is 11.2 Å². The van der Waals surface area contributed by atoms with Crippen molar-refractivity contribution in [2.45, 2.75) is 38.4 Å². The van der Waals surface area contributed by atoms with Crippen LogP contribution in [0.25, 0.3) is 0 Å². The first kappa shape index (κ1) is 11.9. The molecular weight excluding hydrogens is 194 g/mol. The minimum absolute atomic E-state index is 0.256. The van der Waals surface area contributed by atoms with Gasteiger partial charge in [-0.2, -0.15) is 0 Å². The number of β-amino-alcohol motifs (C(OH)–C–C–N with tert-alkyl or cyclic N) is 1. The van der Waals surface area contributed by atoms with Gasteiger partial charge in [0.2, 0.25) is 0 Å². The zero-order valence-corrected chi connectivity index (χ0v) is 9.41. The molecule has 4 nitrogen and oxygen atoms in total. The number of amides is 1. The molecule has 1 saturated heterocycles. The van der Waals surface area contributed by atoms with E-state index in [0.29, 0.717) is 0 Å². The van der Waals surface area contributed by atoms with Gasteiger partial charge in [-0.1, -0.05) is 0 Å². The Morgan fingerprint density at radius 1 is 1.60 bits per heavy atom. The number of rotatable bonds is 1. The maximum absolute atomic E-state index is 11.5. The molecule has 15 heavy (non-hydrogen) atoms. The Kier molecular flexibility index (Phi) is 2.96. The van der Waals surface area contributed by atoms with Crippen LogP contribution in [0.4, 0.5) is 4.79 Å². The summed E-state index contributed by atoms with van der Waals surface area (Å²) in [5.74, 6) is 2.39. The summed E-state index contributed by atoms with van der Waals surface area (Å²) in [6.45, 7) is 5.92. The van der Waals surface area contributed by atoms with Crippen LogP contribution >= 0.6 is 0 Å². The molecule has 1 N–H and O–H groups in total. The molecule has 4 heteroatoms. The summed E-state index contributed by atoms with van der Waals surface area (Å²) in [6, 6.07) is 0. The van der Waals surface area contributed by atoms with Crippen molar-refractivity contribution in [2.75, 3.05) is 13.1 Å². The molecule has 0 bridgehead atoms. The smallest absolute Gasteiger partial charge is 0.410 e. The molecule has 0 aromatic rings. The fourth-order valence-electron chi connectivity index (χ4n) is 1.42. The number of terminal acetylenes is 1. The van der Waals surface area contributed by atoms with Gasteiger partial charge in [0, 0.05) is 6.42 Å². The Morgan fingerprint density at radius 2 is 2.13 bits per heavy atom. The van der Waals surface area contributed by atoms with Crippen LogP contribution in [-0.4, -0.2) is 40.4 Å². The lowest BCUT2D eigenvalue weighted by Gasteiger charge is -2.45. The van der Waals surface area contributed by atoms with E-state index in [1.54, 1.807) is 20.8 Å². The highest BCUT2D eigenvalue weighted by molar-refractivity contribution is 5.69. The van der Waals surface area contributed by atoms with Crippen LogP contribution < -0.4 is 0 Å². The number of aliphatic hydroxyl groups is 1. The Balaban J connectivity index is 2.40. The lowest BCUT2D eigenvalue weighted by Crippen LogP contribution is -2.63. The molecule has 0 aliphatic carbocycles. The van der Waals surface area contributed by atoms with Crippen LogP contribution in [0, 0.1) is 12.3 Å².